The number of carbonyl (C=O) groups is 2. The van der Waals surface area contributed by atoms with Crippen molar-refractivity contribution >= 4 is 33.4 Å². The highest BCUT2D eigenvalue weighted by atomic mass is 32.1. The van der Waals surface area contributed by atoms with Crippen LogP contribution >= 0.6 is 11.3 Å². The van der Waals surface area contributed by atoms with Gasteiger partial charge in [-0.3, -0.25) is 9.59 Å². The maximum Gasteiger partial charge on any atom is 0.307 e. The Kier molecular flexibility index (Phi) is 5.81. The number of nitrogens with zero attached hydrogens (tertiary/aromatic N) is 2. The molecule has 1 amide bonds. The first-order chi connectivity index (χ1) is 13.0. The van der Waals surface area contributed by atoms with Crippen molar-refractivity contribution in [2.24, 2.45) is 4.99 Å². The number of carbonyl (C=O) groups excluding carboxylic acids is 2. The van der Waals surface area contributed by atoms with Gasteiger partial charge in [0.1, 0.15) is 5.82 Å². The summed E-state index contributed by atoms with van der Waals surface area (Å²) in [7, 11) is 0. The van der Waals surface area contributed by atoms with E-state index >= 15 is 0 Å². The van der Waals surface area contributed by atoms with Gasteiger partial charge in [-0.2, -0.15) is 4.99 Å². The maximum absolute atomic E-state index is 13.6. The topological polar surface area (TPSA) is 60.7 Å². The largest absolute Gasteiger partial charge is 0.466 e. The Bertz CT molecular complexity index is 1070. The van der Waals surface area contributed by atoms with E-state index in [1.807, 2.05) is 13.0 Å². The second kappa shape index (κ2) is 8.26. The molecule has 0 aliphatic carbocycles. The Morgan fingerprint density at radius 2 is 2.04 bits per heavy atom. The van der Waals surface area contributed by atoms with Gasteiger partial charge < -0.3 is 9.30 Å². The minimum atomic E-state index is -0.379. The normalized spacial score (nSPS) is 11.7. The Balaban J connectivity index is 2.03. The van der Waals surface area contributed by atoms with Crippen LogP contribution in [-0.4, -0.2) is 23.1 Å². The minimum absolute atomic E-state index is 0.142. The SMILES string of the molecule is CCOC(=O)CCn1c(=NC(=O)c2cccc(C)c2)sc2cc(F)ccc21. The molecular weight excluding hydrogens is 367 g/mol. The van der Waals surface area contributed by atoms with Crippen LogP contribution in [0.5, 0.6) is 0 Å². The van der Waals surface area contributed by atoms with Crippen molar-refractivity contribution in [2.45, 2.75) is 26.8 Å². The monoisotopic (exact) mass is 386 g/mol. The van der Waals surface area contributed by atoms with Crippen LogP contribution in [0.25, 0.3) is 10.2 Å². The fourth-order valence-electron chi connectivity index (χ4n) is 2.71. The Morgan fingerprint density at radius 3 is 2.78 bits per heavy atom. The molecule has 0 aliphatic heterocycles. The summed E-state index contributed by atoms with van der Waals surface area (Å²) in [6.07, 6.45) is 0.142. The van der Waals surface area contributed by atoms with Gasteiger partial charge in [0.25, 0.3) is 5.91 Å². The summed E-state index contributed by atoms with van der Waals surface area (Å²) in [6, 6.07) is 11.5. The molecule has 0 radical (unpaired) electrons. The fourth-order valence-corrected chi connectivity index (χ4v) is 3.79. The molecular formula is C20H19FN2O3S. The van der Waals surface area contributed by atoms with Crippen LogP contribution in [-0.2, 0) is 16.1 Å². The van der Waals surface area contributed by atoms with Gasteiger partial charge in [0.15, 0.2) is 4.80 Å². The molecule has 0 bridgehead atoms. The molecule has 0 unspecified atom stereocenters. The van der Waals surface area contributed by atoms with Crippen molar-refractivity contribution in [1.29, 1.82) is 0 Å². The number of aryl methyl sites for hydroxylation is 2. The number of esters is 1. The number of rotatable bonds is 5. The van der Waals surface area contributed by atoms with Crippen LogP contribution < -0.4 is 4.80 Å². The lowest BCUT2D eigenvalue weighted by Gasteiger charge is -2.05. The summed E-state index contributed by atoms with van der Waals surface area (Å²) >= 11 is 1.21. The summed E-state index contributed by atoms with van der Waals surface area (Å²) in [4.78, 5) is 28.9. The summed E-state index contributed by atoms with van der Waals surface area (Å²) in [5, 5.41) is 0. The van der Waals surface area contributed by atoms with Gasteiger partial charge in [0.05, 0.1) is 23.2 Å². The highest BCUT2D eigenvalue weighted by Crippen LogP contribution is 2.19. The van der Waals surface area contributed by atoms with Gasteiger partial charge in [-0.25, -0.2) is 4.39 Å². The van der Waals surface area contributed by atoms with E-state index in [0.29, 0.717) is 28.2 Å². The van der Waals surface area contributed by atoms with Gasteiger partial charge >= 0.3 is 5.97 Å². The fraction of sp³-hybridized carbons (Fsp3) is 0.250. The van der Waals surface area contributed by atoms with E-state index in [0.717, 1.165) is 11.1 Å². The number of hydrogen-bond donors (Lipinski definition) is 0. The molecule has 7 heteroatoms. The van der Waals surface area contributed by atoms with Crippen molar-refractivity contribution in [3.05, 3.63) is 64.2 Å². The third-order valence-electron chi connectivity index (χ3n) is 3.95. The minimum Gasteiger partial charge on any atom is -0.466 e. The van der Waals surface area contributed by atoms with Gasteiger partial charge in [-0.05, 0) is 44.2 Å². The lowest BCUT2D eigenvalue weighted by molar-refractivity contribution is -0.143. The second-order valence-corrected chi connectivity index (χ2v) is 7.00. The number of hydrogen-bond acceptors (Lipinski definition) is 4. The molecule has 140 valence electrons. The van der Waals surface area contributed by atoms with Crippen LogP contribution in [0.3, 0.4) is 0 Å². The van der Waals surface area contributed by atoms with Gasteiger partial charge in [-0.1, -0.05) is 29.0 Å². The van der Waals surface area contributed by atoms with Gasteiger partial charge in [-0.15, -0.1) is 0 Å². The Hall–Kier alpha value is -2.80. The Morgan fingerprint density at radius 1 is 1.22 bits per heavy atom. The highest BCUT2D eigenvalue weighted by Gasteiger charge is 2.12. The number of halogens is 1. The number of aromatic nitrogens is 1. The quantitative estimate of drug-likeness (QED) is 0.626. The van der Waals surface area contributed by atoms with Crippen molar-refractivity contribution < 1.29 is 18.7 Å². The van der Waals surface area contributed by atoms with Gasteiger partial charge in [0.2, 0.25) is 0 Å². The molecule has 0 aliphatic rings. The van der Waals surface area contributed by atoms with E-state index in [2.05, 4.69) is 4.99 Å². The first-order valence-electron chi connectivity index (χ1n) is 8.58. The number of amides is 1. The van der Waals surface area contributed by atoms with E-state index in [1.54, 1.807) is 35.8 Å². The molecule has 0 atom stereocenters. The third-order valence-corrected chi connectivity index (χ3v) is 4.99. The predicted molar refractivity (Wildman–Crippen MR) is 102 cm³/mol. The third kappa shape index (κ3) is 4.49. The zero-order valence-electron chi connectivity index (χ0n) is 15.1. The molecule has 0 saturated carbocycles. The predicted octanol–water partition coefficient (Wildman–Crippen LogP) is 3.84. The average Bonchev–Trinajstić information content (AvgIpc) is 2.96. The van der Waals surface area contributed by atoms with Gasteiger partial charge in [0, 0.05) is 12.1 Å². The lowest BCUT2D eigenvalue weighted by atomic mass is 10.1. The number of ether oxygens (including phenoxy) is 1. The van der Waals surface area contributed by atoms with Crippen molar-refractivity contribution in [3.8, 4) is 0 Å². The molecule has 1 heterocycles. The molecule has 2 aromatic carbocycles. The molecule has 1 aromatic heterocycles. The standard InChI is InChI=1S/C20H19FN2O3S/c1-3-26-18(24)9-10-23-16-8-7-15(21)12-17(16)27-20(23)22-19(25)14-6-4-5-13(2)11-14/h4-8,11-12H,3,9-10H2,1-2H3. The summed E-state index contributed by atoms with van der Waals surface area (Å²) in [6.45, 7) is 4.25. The van der Waals surface area contributed by atoms with E-state index in [9.17, 15) is 14.0 Å². The second-order valence-electron chi connectivity index (χ2n) is 5.99. The number of benzene rings is 2. The van der Waals surface area contributed by atoms with Crippen LogP contribution in [0.15, 0.2) is 47.5 Å². The number of fused-ring (bicyclic) bond motifs is 1. The zero-order valence-corrected chi connectivity index (χ0v) is 15.9. The first-order valence-corrected chi connectivity index (χ1v) is 9.40. The molecule has 5 nitrogen and oxygen atoms in total. The highest BCUT2D eigenvalue weighted by molar-refractivity contribution is 7.16. The average molecular weight is 386 g/mol. The number of thiazole rings is 1. The molecule has 0 N–H and O–H groups in total. The van der Waals surface area contributed by atoms with Crippen molar-refractivity contribution in [1.82, 2.24) is 4.57 Å². The first kappa shape index (κ1) is 19.0. The van der Waals surface area contributed by atoms with E-state index in [1.165, 1.54) is 23.5 Å². The Labute approximate surface area is 159 Å². The van der Waals surface area contributed by atoms with Crippen LogP contribution in [0.1, 0.15) is 29.3 Å². The summed E-state index contributed by atoms with van der Waals surface area (Å²) < 4.78 is 21.0. The summed E-state index contributed by atoms with van der Waals surface area (Å²) in [5.74, 6) is -1.07. The molecule has 3 aromatic rings. The maximum atomic E-state index is 13.6. The smallest absolute Gasteiger partial charge is 0.307 e. The van der Waals surface area contributed by atoms with E-state index < -0.39 is 0 Å². The van der Waals surface area contributed by atoms with Crippen LogP contribution in [0.4, 0.5) is 4.39 Å². The molecule has 27 heavy (non-hydrogen) atoms. The lowest BCUT2D eigenvalue weighted by Crippen LogP contribution is -2.19. The van der Waals surface area contributed by atoms with Crippen LogP contribution in [0.2, 0.25) is 0 Å². The van der Waals surface area contributed by atoms with Crippen molar-refractivity contribution in [3.63, 3.8) is 0 Å². The van der Waals surface area contributed by atoms with Crippen molar-refractivity contribution in [2.75, 3.05) is 6.61 Å². The zero-order chi connectivity index (χ0) is 19.4. The van der Waals surface area contributed by atoms with Crippen LogP contribution in [0, 0.1) is 12.7 Å². The molecule has 0 spiro atoms. The summed E-state index contributed by atoms with van der Waals surface area (Å²) in [5.41, 5.74) is 2.17. The molecule has 0 saturated heterocycles. The van der Waals surface area contributed by atoms with E-state index in [4.69, 9.17) is 4.74 Å². The molecule has 0 fully saturated rings. The van der Waals surface area contributed by atoms with E-state index in [-0.39, 0.29) is 24.1 Å². The molecule has 3 rings (SSSR count).